The van der Waals surface area contributed by atoms with E-state index in [1.807, 2.05) is 32.0 Å². The largest absolute Gasteiger partial charge is 0.480 e. The number of rotatable bonds is 5. The van der Waals surface area contributed by atoms with Gasteiger partial charge < -0.3 is 10.4 Å². The summed E-state index contributed by atoms with van der Waals surface area (Å²) in [7, 11) is 0. The van der Waals surface area contributed by atoms with Crippen LogP contribution >= 0.6 is 0 Å². The highest BCUT2D eigenvalue weighted by Crippen LogP contribution is 2.13. The molecule has 1 aromatic rings. The standard InChI is InChI=1S/C13H18N2O3/c1-8-4-5-11(6-9(8)2)15-12(16)7-14-10(3)13(17)18/h4-6,10,14H,7H2,1-3H3,(H,15,16)(H,17,18)/t10-/m0/s1. The number of anilines is 1. The van der Waals surface area contributed by atoms with Crippen molar-refractivity contribution in [2.45, 2.75) is 26.8 Å². The van der Waals surface area contributed by atoms with Crippen LogP contribution in [0.25, 0.3) is 0 Å². The number of benzene rings is 1. The molecule has 0 aliphatic carbocycles. The van der Waals surface area contributed by atoms with Crippen LogP contribution in [0, 0.1) is 13.8 Å². The van der Waals surface area contributed by atoms with Gasteiger partial charge in [0.1, 0.15) is 6.04 Å². The third-order valence-electron chi connectivity index (χ3n) is 2.73. The van der Waals surface area contributed by atoms with Crippen LogP contribution in [0.2, 0.25) is 0 Å². The monoisotopic (exact) mass is 250 g/mol. The number of amides is 1. The van der Waals surface area contributed by atoms with Gasteiger partial charge in [-0.05, 0) is 44.0 Å². The summed E-state index contributed by atoms with van der Waals surface area (Å²) in [5.41, 5.74) is 2.97. The molecule has 0 aromatic heterocycles. The zero-order chi connectivity index (χ0) is 13.7. The van der Waals surface area contributed by atoms with Crippen molar-refractivity contribution in [2.75, 3.05) is 11.9 Å². The van der Waals surface area contributed by atoms with E-state index in [-0.39, 0.29) is 12.5 Å². The Balaban J connectivity index is 2.49. The Hall–Kier alpha value is -1.88. The molecule has 0 heterocycles. The molecule has 0 bridgehead atoms. The summed E-state index contributed by atoms with van der Waals surface area (Å²) in [4.78, 5) is 22.1. The van der Waals surface area contributed by atoms with E-state index in [1.165, 1.54) is 6.92 Å². The lowest BCUT2D eigenvalue weighted by molar-refractivity contribution is -0.139. The lowest BCUT2D eigenvalue weighted by Gasteiger charge is -2.10. The van der Waals surface area contributed by atoms with Gasteiger partial charge >= 0.3 is 5.97 Å². The molecule has 0 aliphatic heterocycles. The van der Waals surface area contributed by atoms with Crippen molar-refractivity contribution < 1.29 is 14.7 Å². The minimum atomic E-state index is -0.978. The Morgan fingerprint density at radius 2 is 1.94 bits per heavy atom. The number of carboxylic acids is 1. The minimum absolute atomic E-state index is 0.0274. The van der Waals surface area contributed by atoms with Gasteiger partial charge in [-0.25, -0.2) is 0 Å². The molecule has 0 radical (unpaired) electrons. The fourth-order valence-corrected chi connectivity index (χ4v) is 1.36. The van der Waals surface area contributed by atoms with Crippen molar-refractivity contribution in [3.05, 3.63) is 29.3 Å². The number of hydrogen-bond acceptors (Lipinski definition) is 3. The lowest BCUT2D eigenvalue weighted by Crippen LogP contribution is -2.39. The SMILES string of the molecule is Cc1ccc(NC(=O)CN[C@@H](C)C(=O)O)cc1C. The van der Waals surface area contributed by atoms with Gasteiger partial charge in [-0.3, -0.25) is 14.9 Å². The van der Waals surface area contributed by atoms with Gasteiger partial charge in [0, 0.05) is 5.69 Å². The summed E-state index contributed by atoms with van der Waals surface area (Å²) in [6.07, 6.45) is 0. The molecule has 18 heavy (non-hydrogen) atoms. The highest BCUT2D eigenvalue weighted by molar-refractivity contribution is 5.92. The van der Waals surface area contributed by atoms with Crippen LogP contribution in [0.3, 0.4) is 0 Å². The molecule has 0 fully saturated rings. The molecule has 1 rings (SSSR count). The molecule has 0 spiro atoms. The summed E-state index contributed by atoms with van der Waals surface area (Å²) < 4.78 is 0. The zero-order valence-corrected chi connectivity index (χ0v) is 10.8. The number of aliphatic carboxylic acids is 1. The van der Waals surface area contributed by atoms with Gasteiger partial charge in [0.05, 0.1) is 6.54 Å². The topological polar surface area (TPSA) is 78.4 Å². The average molecular weight is 250 g/mol. The van der Waals surface area contributed by atoms with Crippen LogP contribution in [0.4, 0.5) is 5.69 Å². The molecular weight excluding hydrogens is 232 g/mol. The number of carbonyl (C=O) groups is 2. The maximum Gasteiger partial charge on any atom is 0.320 e. The van der Waals surface area contributed by atoms with Gasteiger partial charge in [-0.2, -0.15) is 0 Å². The van der Waals surface area contributed by atoms with Crippen LogP contribution in [-0.2, 0) is 9.59 Å². The maximum absolute atomic E-state index is 11.6. The van der Waals surface area contributed by atoms with Crippen LogP contribution in [0.15, 0.2) is 18.2 Å². The van der Waals surface area contributed by atoms with E-state index < -0.39 is 12.0 Å². The fraction of sp³-hybridized carbons (Fsp3) is 0.385. The Morgan fingerprint density at radius 3 is 2.50 bits per heavy atom. The molecule has 1 amide bonds. The number of hydrogen-bond donors (Lipinski definition) is 3. The van der Waals surface area contributed by atoms with E-state index in [9.17, 15) is 9.59 Å². The number of carboxylic acid groups (broad SMARTS) is 1. The van der Waals surface area contributed by atoms with E-state index in [1.54, 1.807) is 0 Å². The molecule has 3 N–H and O–H groups in total. The normalized spacial score (nSPS) is 11.9. The second kappa shape index (κ2) is 6.16. The van der Waals surface area contributed by atoms with E-state index in [0.29, 0.717) is 5.69 Å². The molecule has 1 atom stereocenters. The Labute approximate surface area is 106 Å². The van der Waals surface area contributed by atoms with Crippen LogP contribution in [0.5, 0.6) is 0 Å². The Morgan fingerprint density at radius 1 is 1.28 bits per heavy atom. The number of carbonyl (C=O) groups excluding carboxylic acids is 1. The van der Waals surface area contributed by atoms with E-state index in [2.05, 4.69) is 10.6 Å². The smallest absolute Gasteiger partial charge is 0.320 e. The summed E-state index contributed by atoms with van der Waals surface area (Å²) >= 11 is 0. The van der Waals surface area contributed by atoms with Crippen molar-refractivity contribution in [2.24, 2.45) is 0 Å². The molecule has 5 nitrogen and oxygen atoms in total. The Bertz CT molecular complexity index is 458. The van der Waals surface area contributed by atoms with E-state index >= 15 is 0 Å². The fourth-order valence-electron chi connectivity index (χ4n) is 1.36. The van der Waals surface area contributed by atoms with Gasteiger partial charge in [-0.1, -0.05) is 6.07 Å². The van der Waals surface area contributed by atoms with Crippen molar-refractivity contribution in [1.82, 2.24) is 5.32 Å². The first-order chi connectivity index (χ1) is 8.40. The second-order valence-electron chi connectivity index (χ2n) is 4.29. The third kappa shape index (κ3) is 4.18. The van der Waals surface area contributed by atoms with Crippen molar-refractivity contribution >= 4 is 17.6 Å². The predicted octanol–water partition coefficient (Wildman–Crippen LogP) is 1.30. The van der Waals surface area contributed by atoms with E-state index in [4.69, 9.17) is 5.11 Å². The first kappa shape index (κ1) is 14.2. The van der Waals surface area contributed by atoms with Crippen molar-refractivity contribution in [3.63, 3.8) is 0 Å². The summed E-state index contributed by atoms with van der Waals surface area (Å²) in [6.45, 7) is 5.43. The zero-order valence-electron chi connectivity index (χ0n) is 10.8. The van der Waals surface area contributed by atoms with Crippen molar-refractivity contribution in [3.8, 4) is 0 Å². The van der Waals surface area contributed by atoms with Crippen LogP contribution in [0.1, 0.15) is 18.1 Å². The molecule has 0 unspecified atom stereocenters. The summed E-state index contributed by atoms with van der Waals surface area (Å²) in [5.74, 6) is -1.24. The van der Waals surface area contributed by atoms with Crippen LogP contribution < -0.4 is 10.6 Å². The minimum Gasteiger partial charge on any atom is -0.480 e. The maximum atomic E-state index is 11.6. The van der Waals surface area contributed by atoms with Crippen molar-refractivity contribution in [1.29, 1.82) is 0 Å². The molecule has 0 saturated heterocycles. The predicted molar refractivity (Wildman–Crippen MR) is 69.6 cm³/mol. The third-order valence-corrected chi connectivity index (χ3v) is 2.73. The molecule has 0 saturated carbocycles. The van der Waals surface area contributed by atoms with Gasteiger partial charge in [0.2, 0.25) is 5.91 Å². The van der Waals surface area contributed by atoms with Gasteiger partial charge in [0.15, 0.2) is 0 Å². The molecule has 98 valence electrons. The van der Waals surface area contributed by atoms with Crippen LogP contribution in [-0.4, -0.2) is 29.6 Å². The van der Waals surface area contributed by atoms with E-state index in [0.717, 1.165) is 11.1 Å². The first-order valence-electron chi connectivity index (χ1n) is 5.73. The molecular formula is C13H18N2O3. The molecule has 0 aliphatic rings. The first-order valence-corrected chi connectivity index (χ1v) is 5.73. The second-order valence-corrected chi connectivity index (χ2v) is 4.29. The average Bonchev–Trinajstić information content (AvgIpc) is 2.30. The highest BCUT2D eigenvalue weighted by atomic mass is 16.4. The quantitative estimate of drug-likeness (QED) is 0.736. The molecule has 1 aromatic carbocycles. The lowest BCUT2D eigenvalue weighted by atomic mass is 10.1. The highest BCUT2D eigenvalue weighted by Gasteiger charge is 2.11. The van der Waals surface area contributed by atoms with Gasteiger partial charge in [0.25, 0.3) is 0 Å². The van der Waals surface area contributed by atoms with Gasteiger partial charge in [-0.15, -0.1) is 0 Å². The number of nitrogens with one attached hydrogen (secondary N) is 2. The summed E-state index contributed by atoms with van der Waals surface area (Å²) in [5, 5.41) is 14.0. The Kier molecular flexibility index (Phi) is 4.85. The summed E-state index contributed by atoms with van der Waals surface area (Å²) in [6, 6.07) is 4.89. The molecule has 5 heteroatoms. The number of aryl methyl sites for hydroxylation is 2.